The average molecular weight is 364 g/mol. The van der Waals surface area contributed by atoms with Crippen molar-refractivity contribution in [1.82, 2.24) is 4.90 Å². The van der Waals surface area contributed by atoms with Gasteiger partial charge in [-0.3, -0.25) is 9.52 Å². The van der Waals surface area contributed by atoms with E-state index in [1.165, 1.54) is 47.4 Å². The van der Waals surface area contributed by atoms with Crippen LogP contribution in [0.15, 0.2) is 47.4 Å². The van der Waals surface area contributed by atoms with Crippen LogP contribution in [0.25, 0.3) is 0 Å². The zero-order chi connectivity index (χ0) is 17.9. The summed E-state index contributed by atoms with van der Waals surface area (Å²) in [5.41, 5.74) is 0.618. The van der Waals surface area contributed by atoms with E-state index in [1.54, 1.807) is 14.1 Å². The molecular weight excluding hydrogens is 350 g/mol. The molecule has 2 aromatic carbocycles. The largest absolute Gasteiger partial charge is 0.345 e. The summed E-state index contributed by atoms with van der Waals surface area (Å²) >= 11 is 5.92. The Labute approximate surface area is 145 Å². The Morgan fingerprint density at radius 3 is 2.33 bits per heavy atom. The van der Waals surface area contributed by atoms with Crippen molar-refractivity contribution >= 4 is 33.2 Å². The van der Waals surface area contributed by atoms with E-state index in [1.807, 2.05) is 6.07 Å². The predicted molar refractivity (Wildman–Crippen MR) is 91.4 cm³/mol. The molecule has 0 unspecified atom stereocenters. The minimum atomic E-state index is -3.93. The number of nitrogens with zero attached hydrogens (tertiary/aromatic N) is 2. The van der Waals surface area contributed by atoms with Gasteiger partial charge in [-0.2, -0.15) is 5.26 Å². The number of rotatable bonds is 4. The second-order valence-corrected chi connectivity index (χ2v) is 7.25. The van der Waals surface area contributed by atoms with E-state index in [9.17, 15) is 13.2 Å². The number of benzene rings is 2. The Morgan fingerprint density at radius 1 is 1.17 bits per heavy atom. The number of nitriles is 1. The summed E-state index contributed by atoms with van der Waals surface area (Å²) in [6, 6.07) is 11.7. The van der Waals surface area contributed by atoms with Gasteiger partial charge in [-0.1, -0.05) is 11.6 Å². The number of halogens is 1. The number of carbonyl (C=O) groups is 1. The number of carbonyl (C=O) groups excluding carboxylic acids is 1. The minimum absolute atomic E-state index is 0.0234. The summed E-state index contributed by atoms with van der Waals surface area (Å²) < 4.78 is 27.4. The first-order valence-electron chi connectivity index (χ1n) is 6.79. The first-order valence-corrected chi connectivity index (χ1v) is 8.65. The van der Waals surface area contributed by atoms with Crippen LogP contribution in [0.4, 0.5) is 5.69 Å². The van der Waals surface area contributed by atoms with Gasteiger partial charge in [-0.05, 0) is 42.5 Å². The van der Waals surface area contributed by atoms with E-state index in [0.717, 1.165) is 0 Å². The molecule has 0 atom stereocenters. The smallest absolute Gasteiger partial charge is 0.261 e. The molecule has 2 rings (SSSR count). The highest BCUT2D eigenvalue weighted by Gasteiger charge is 2.20. The number of hydrogen-bond donors (Lipinski definition) is 1. The number of sulfonamides is 1. The van der Waals surface area contributed by atoms with Crippen molar-refractivity contribution in [1.29, 1.82) is 5.26 Å². The summed E-state index contributed by atoms with van der Waals surface area (Å²) in [5.74, 6) is -0.357. The van der Waals surface area contributed by atoms with Gasteiger partial charge < -0.3 is 4.90 Å². The number of nitrogens with one attached hydrogen (secondary N) is 1. The third-order valence-corrected chi connectivity index (χ3v) is 4.77. The maximum Gasteiger partial charge on any atom is 0.261 e. The van der Waals surface area contributed by atoms with Crippen LogP contribution in [0.2, 0.25) is 5.02 Å². The van der Waals surface area contributed by atoms with Gasteiger partial charge in [0.25, 0.3) is 15.9 Å². The number of amides is 1. The lowest BCUT2D eigenvalue weighted by Gasteiger charge is -2.16. The molecule has 0 aliphatic carbocycles. The molecule has 0 aliphatic heterocycles. The summed E-state index contributed by atoms with van der Waals surface area (Å²) in [4.78, 5) is 13.5. The summed E-state index contributed by atoms with van der Waals surface area (Å²) in [6.45, 7) is 0. The van der Waals surface area contributed by atoms with Gasteiger partial charge in [-0.15, -0.1) is 0 Å². The molecule has 0 spiro atoms. The Hall–Kier alpha value is -2.56. The maximum atomic E-state index is 12.5. The highest BCUT2D eigenvalue weighted by atomic mass is 35.5. The third-order valence-electron chi connectivity index (χ3n) is 3.16. The molecule has 0 bridgehead atoms. The Kier molecular flexibility index (Phi) is 5.12. The molecular formula is C16H14ClN3O3S. The lowest BCUT2D eigenvalue weighted by molar-refractivity contribution is 0.0828. The summed E-state index contributed by atoms with van der Waals surface area (Å²) in [5, 5.41) is 9.07. The first kappa shape index (κ1) is 17.8. The molecule has 1 amide bonds. The Morgan fingerprint density at radius 2 is 1.79 bits per heavy atom. The maximum absolute atomic E-state index is 12.5. The first-order chi connectivity index (χ1) is 11.2. The van der Waals surface area contributed by atoms with Crippen molar-refractivity contribution in [3.63, 3.8) is 0 Å². The van der Waals surface area contributed by atoms with Crippen molar-refractivity contribution in [2.75, 3.05) is 18.8 Å². The Bertz CT molecular complexity index is 917. The molecule has 6 nitrogen and oxygen atoms in total. The van der Waals surface area contributed by atoms with Crippen LogP contribution in [-0.2, 0) is 10.0 Å². The standard InChI is InChI=1S/C16H14ClN3O3S/c1-20(2)16(21)14-8-5-12(17)9-15(14)19-24(22,23)13-6-3-11(10-18)4-7-13/h3-9,19H,1-2H3. The SMILES string of the molecule is CN(C)C(=O)c1ccc(Cl)cc1NS(=O)(=O)c1ccc(C#N)cc1. The second-order valence-electron chi connectivity index (χ2n) is 5.13. The minimum Gasteiger partial charge on any atom is -0.345 e. The third kappa shape index (κ3) is 3.85. The highest BCUT2D eigenvalue weighted by Crippen LogP contribution is 2.25. The molecule has 124 valence electrons. The number of hydrogen-bond acceptors (Lipinski definition) is 4. The topological polar surface area (TPSA) is 90.3 Å². The van der Waals surface area contributed by atoms with Crippen molar-refractivity contribution < 1.29 is 13.2 Å². The highest BCUT2D eigenvalue weighted by molar-refractivity contribution is 7.92. The van der Waals surface area contributed by atoms with E-state index in [-0.39, 0.29) is 22.1 Å². The molecule has 0 saturated carbocycles. The predicted octanol–water partition coefficient (Wildman–Crippen LogP) is 2.71. The fourth-order valence-electron chi connectivity index (χ4n) is 1.94. The van der Waals surface area contributed by atoms with Crippen molar-refractivity contribution in [2.45, 2.75) is 4.90 Å². The monoisotopic (exact) mass is 363 g/mol. The molecule has 0 aliphatic rings. The van der Waals surface area contributed by atoms with E-state index in [4.69, 9.17) is 16.9 Å². The molecule has 24 heavy (non-hydrogen) atoms. The quantitative estimate of drug-likeness (QED) is 0.904. The van der Waals surface area contributed by atoms with Crippen molar-refractivity contribution in [3.8, 4) is 6.07 Å². The van der Waals surface area contributed by atoms with Crippen LogP contribution in [0.3, 0.4) is 0 Å². The van der Waals surface area contributed by atoms with Crippen LogP contribution in [0, 0.1) is 11.3 Å². The summed E-state index contributed by atoms with van der Waals surface area (Å²) in [6.07, 6.45) is 0. The van der Waals surface area contributed by atoms with Gasteiger partial charge in [-0.25, -0.2) is 8.42 Å². The van der Waals surface area contributed by atoms with Crippen molar-refractivity contribution in [2.24, 2.45) is 0 Å². The normalized spacial score (nSPS) is 10.8. The van der Waals surface area contributed by atoms with Crippen LogP contribution in [0.1, 0.15) is 15.9 Å². The van der Waals surface area contributed by atoms with Crippen LogP contribution in [0.5, 0.6) is 0 Å². The second kappa shape index (κ2) is 6.91. The molecule has 0 radical (unpaired) electrons. The van der Waals surface area contributed by atoms with Gasteiger partial charge in [0.1, 0.15) is 0 Å². The molecule has 1 N–H and O–H groups in total. The number of anilines is 1. The van der Waals surface area contributed by atoms with Crippen LogP contribution in [-0.4, -0.2) is 33.3 Å². The fourth-order valence-corrected chi connectivity index (χ4v) is 3.18. The molecule has 0 aromatic heterocycles. The lowest BCUT2D eigenvalue weighted by Crippen LogP contribution is -2.24. The summed E-state index contributed by atoms with van der Waals surface area (Å²) in [7, 11) is -0.795. The fraction of sp³-hybridized carbons (Fsp3) is 0.125. The van der Waals surface area contributed by atoms with Gasteiger partial charge in [0.2, 0.25) is 0 Å². The van der Waals surface area contributed by atoms with E-state index >= 15 is 0 Å². The molecule has 0 heterocycles. The van der Waals surface area contributed by atoms with Crippen LogP contribution < -0.4 is 4.72 Å². The molecule has 2 aromatic rings. The van der Waals surface area contributed by atoms with Gasteiger partial charge in [0, 0.05) is 19.1 Å². The van der Waals surface area contributed by atoms with Gasteiger partial charge >= 0.3 is 0 Å². The Balaban J connectivity index is 2.44. The molecule has 0 saturated heterocycles. The molecule has 0 fully saturated rings. The lowest BCUT2D eigenvalue weighted by atomic mass is 10.1. The van der Waals surface area contributed by atoms with Gasteiger partial charge in [0.05, 0.1) is 27.8 Å². The van der Waals surface area contributed by atoms with E-state index in [0.29, 0.717) is 10.6 Å². The zero-order valence-corrected chi connectivity index (χ0v) is 14.5. The van der Waals surface area contributed by atoms with Crippen LogP contribution >= 0.6 is 11.6 Å². The average Bonchev–Trinajstić information content (AvgIpc) is 2.54. The van der Waals surface area contributed by atoms with E-state index < -0.39 is 10.0 Å². The van der Waals surface area contributed by atoms with E-state index in [2.05, 4.69) is 4.72 Å². The van der Waals surface area contributed by atoms with Crippen molar-refractivity contribution in [3.05, 3.63) is 58.6 Å². The molecule has 8 heteroatoms. The van der Waals surface area contributed by atoms with Gasteiger partial charge in [0.15, 0.2) is 0 Å². The zero-order valence-electron chi connectivity index (χ0n) is 12.9.